The van der Waals surface area contributed by atoms with Crippen molar-refractivity contribution in [1.82, 2.24) is 14.1 Å². The highest BCUT2D eigenvalue weighted by Crippen LogP contribution is 2.30. The standard InChI is InChI=1S/C28H29F2N3O3S/c1-31(37(35,36)20-15-22-5-3-2-4-6-22)21-27(34)32-16-18-33(19-17-32)28(23-7-11-25(29)12-8-23)24-9-13-26(30)14-10-24/h2-15,20,28H,16-19,21H2,1H3. The van der Waals surface area contributed by atoms with E-state index in [1.807, 2.05) is 18.2 Å². The quantitative estimate of drug-likeness (QED) is 0.444. The van der Waals surface area contributed by atoms with Gasteiger partial charge in [0, 0.05) is 38.6 Å². The van der Waals surface area contributed by atoms with Gasteiger partial charge >= 0.3 is 0 Å². The van der Waals surface area contributed by atoms with Crippen molar-refractivity contribution in [3.05, 3.63) is 113 Å². The third-order valence-corrected chi connectivity index (χ3v) is 7.91. The van der Waals surface area contributed by atoms with Gasteiger partial charge in [0.2, 0.25) is 15.9 Å². The summed E-state index contributed by atoms with van der Waals surface area (Å²) in [5, 5.41) is 1.10. The summed E-state index contributed by atoms with van der Waals surface area (Å²) in [6, 6.07) is 21.3. The molecule has 1 saturated heterocycles. The van der Waals surface area contributed by atoms with Crippen LogP contribution >= 0.6 is 0 Å². The molecule has 0 bridgehead atoms. The molecule has 0 aromatic heterocycles. The van der Waals surface area contributed by atoms with E-state index >= 15 is 0 Å². The monoisotopic (exact) mass is 525 g/mol. The van der Waals surface area contributed by atoms with Gasteiger partial charge in [-0.15, -0.1) is 0 Å². The van der Waals surface area contributed by atoms with E-state index < -0.39 is 10.0 Å². The van der Waals surface area contributed by atoms with Crippen molar-refractivity contribution in [2.24, 2.45) is 0 Å². The van der Waals surface area contributed by atoms with Gasteiger partial charge in [0.25, 0.3) is 0 Å². The van der Waals surface area contributed by atoms with Crippen molar-refractivity contribution in [2.45, 2.75) is 6.04 Å². The maximum Gasteiger partial charge on any atom is 0.237 e. The zero-order valence-corrected chi connectivity index (χ0v) is 21.3. The summed E-state index contributed by atoms with van der Waals surface area (Å²) in [5.41, 5.74) is 2.48. The second kappa shape index (κ2) is 11.8. The lowest BCUT2D eigenvalue weighted by Gasteiger charge is -2.40. The van der Waals surface area contributed by atoms with Crippen molar-refractivity contribution in [2.75, 3.05) is 39.8 Å². The Kier molecular flexibility index (Phi) is 8.48. The number of hydrogen-bond donors (Lipinski definition) is 0. The highest BCUT2D eigenvalue weighted by molar-refractivity contribution is 7.92. The predicted molar refractivity (Wildman–Crippen MR) is 140 cm³/mol. The van der Waals surface area contributed by atoms with Gasteiger partial charge in [0.1, 0.15) is 11.6 Å². The Morgan fingerprint density at radius 3 is 1.89 bits per heavy atom. The number of rotatable bonds is 8. The first-order valence-electron chi connectivity index (χ1n) is 12.0. The van der Waals surface area contributed by atoms with Crippen LogP contribution in [-0.2, 0) is 14.8 Å². The average molecular weight is 526 g/mol. The van der Waals surface area contributed by atoms with Crippen LogP contribution in [0.3, 0.4) is 0 Å². The lowest BCUT2D eigenvalue weighted by molar-refractivity contribution is -0.133. The number of nitrogens with zero attached hydrogens (tertiary/aromatic N) is 3. The molecule has 0 aliphatic carbocycles. The molecule has 1 fully saturated rings. The zero-order valence-electron chi connectivity index (χ0n) is 20.5. The number of likely N-dealkylation sites (N-methyl/N-ethyl adjacent to an activating group) is 1. The Morgan fingerprint density at radius 1 is 0.865 bits per heavy atom. The third-order valence-electron chi connectivity index (χ3n) is 6.43. The van der Waals surface area contributed by atoms with E-state index in [-0.39, 0.29) is 30.1 Å². The second-order valence-electron chi connectivity index (χ2n) is 8.94. The Hall–Kier alpha value is -3.40. The van der Waals surface area contributed by atoms with Crippen molar-refractivity contribution in [3.63, 3.8) is 0 Å². The summed E-state index contributed by atoms with van der Waals surface area (Å²) < 4.78 is 53.4. The number of benzene rings is 3. The van der Waals surface area contributed by atoms with Gasteiger partial charge < -0.3 is 4.90 Å². The molecule has 3 aromatic rings. The summed E-state index contributed by atoms with van der Waals surface area (Å²) in [5.74, 6) is -0.955. The molecule has 3 aromatic carbocycles. The van der Waals surface area contributed by atoms with Crippen molar-refractivity contribution in [3.8, 4) is 0 Å². The smallest absolute Gasteiger partial charge is 0.237 e. The van der Waals surface area contributed by atoms with Crippen LogP contribution in [0.4, 0.5) is 8.78 Å². The maximum absolute atomic E-state index is 13.6. The Morgan fingerprint density at radius 2 is 1.38 bits per heavy atom. The van der Waals surface area contributed by atoms with Crippen molar-refractivity contribution >= 4 is 22.0 Å². The number of sulfonamides is 1. The molecule has 0 N–H and O–H groups in total. The molecule has 1 amide bonds. The molecular formula is C28H29F2N3O3S. The van der Waals surface area contributed by atoms with E-state index in [2.05, 4.69) is 4.90 Å². The lowest BCUT2D eigenvalue weighted by Crippen LogP contribution is -2.52. The molecular weight excluding hydrogens is 496 g/mol. The molecule has 0 atom stereocenters. The molecule has 9 heteroatoms. The SMILES string of the molecule is CN(CC(=O)N1CCN(C(c2ccc(F)cc2)c2ccc(F)cc2)CC1)S(=O)(=O)C=Cc1ccccc1. The fraction of sp³-hybridized carbons (Fsp3) is 0.250. The van der Waals surface area contributed by atoms with Gasteiger partial charge in [0.05, 0.1) is 12.6 Å². The highest BCUT2D eigenvalue weighted by atomic mass is 32.2. The second-order valence-corrected chi connectivity index (χ2v) is 10.9. The molecule has 1 heterocycles. The fourth-order valence-electron chi connectivity index (χ4n) is 4.35. The summed E-state index contributed by atoms with van der Waals surface area (Å²) in [6.45, 7) is 1.60. The summed E-state index contributed by atoms with van der Waals surface area (Å²) in [6.07, 6.45) is 1.50. The predicted octanol–water partition coefficient (Wildman–Crippen LogP) is 4.13. The van der Waals surface area contributed by atoms with Crippen LogP contribution in [-0.4, -0.2) is 68.2 Å². The summed E-state index contributed by atoms with van der Waals surface area (Å²) in [4.78, 5) is 16.7. The number of hydrogen-bond acceptors (Lipinski definition) is 4. The lowest BCUT2D eigenvalue weighted by atomic mass is 9.96. The minimum Gasteiger partial charge on any atom is -0.339 e. The van der Waals surface area contributed by atoms with Crippen LogP contribution in [0.2, 0.25) is 0 Å². The molecule has 37 heavy (non-hydrogen) atoms. The first-order valence-corrected chi connectivity index (χ1v) is 13.5. The van der Waals surface area contributed by atoms with Gasteiger partial charge in [-0.25, -0.2) is 17.2 Å². The van der Waals surface area contributed by atoms with Gasteiger partial charge in [0.15, 0.2) is 0 Å². The van der Waals surface area contributed by atoms with E-state index in [0.717, 1.165) is 26.4 Å². The Balaban J connectivity index is 1.40. The molecule has 1 aliphatic heterocycles. The molecule has 0 unspecified atom stereocenters. The number of amides is 1. The zero-order chi connectivity index (χ0) is 26.4. The minimum atomic E-state index is -3.76. The maximum atomic E-state index is 13.6. The highest BCUT2D eigenvalue weighted by Gasteiger charge is 2.29. The van der Waals surface area contributed by atoms with Crippen LogP contribution in [0.25, 0.3) is 6.08 Å². The third kappa shape index (κ3) is 6.88. The van der Waals surface area contributed by atoms with Crippen LogP contribution in [0.1, 0.15) is 22.7 Å². The first-order chi connectivity index (χ1) is 17.7. The van der Waals surface area contributed by atoms with E-state index in [4.69, 9.17) is 0 Å². The van der Waals surface area contributed by atoms with E-state index in [0.29, 0.717) is 26.2 Å². The number of piperazine rings is 1. The number of carbonyl (C=O) groups excluding carboxylic acids is 1. The Labute approximate surface area is 216 Å². The molecule has 1 aliphatic rings. The van der Waals surface area contributed by atoms with Gasteiger partial charge in [-0.3, -0.25) is 9.69 Å². The summed E-state index contributed by atoms with van der Waals surface area (Å²) in [7, 11) is -2.38. The molecule has 4 rings (SSSR count). The van der Waals surface area contributed by atoms with Crippen LogP contribution in [0.5, 0.6) is 0 Å². The molecule has 0 saturated carbocycles. The van der Waals surface area contributed by atoms with E-state index in [1.165, 1.54) is 37.4 Å². The average Bonchev–Trinajstić information content (AvgIpc) is 2.91. The minimum absolute atomic E-state index is 0.232. The summed E-state index contributed by atoms with van der Waals surface area (Å²) >= 11 is 0. The molecule has 6 nitrogen and oxygen atoms in total. The molecule has 0 radical (unpaired) electrons. The van der Waals surface area contributed by atoms with Gasteiger partial charge in [-0.1, -0.05) is 54.6 Å². The van der Waals surface area contributed by atoms with Crippen LogP contribution < -0.4 is 0 Å². The van der Waals surface area contributed by atoms with E-state index in [1.54, 1.807) is 41.3 Å². The fourth-order valence-corrected chi connectivity index (χ4v) is 5.17. The topological polar surface area (TPSA) is 60.9 Å². The van der Waals surface area contributed by atoms with Gasteiger partial charge in [-0.05, 0) is 47.0 Å². The number of carbonyl (C=O) groups is 1. The molecule has 194 valence electrons. The number of halogens is 2. The largest absolute Gasteiger partial charge is 0.339 e. The first kappa shape index (κ1) is 26.7. The Bertz CT molecular complexity index is 1280. The van der Waals surface area contributed by atoms with Crippen LogP contribution in [0.15, 0.2) is 84.3 Å². The van der Waals surface area contributed by atoms with Crippen molar-refractivity contribution < 1.29 is 22.0 Å². The van der Waals surface area contributed by atoms with E-state index in [9.17, 15) is 22.0 Å². The van der Waals surface area contributed by atoms with Crippen molar-refractivity contribution in [1.29, 1.82) is 0 Å². The normalized spacial score (nSPS) is 15.1. The van der Waals surface area contributed by atoms with Gasteiger partial charge in [-0.2, -0.15) is 4.31 Å². The molecule has 0 spiro atoms. The van der Waals surface area contributed by atoms with Crippen LogP contribution in [0, 0.1) is 11.6 Å².